The summed E-state index contributed by atoms with van der Waals surface area (Å²) in [4.78, 5) is 10.6. The van der Waals surface area contributed by atoms with E-state index in [1.54, 1.807) is 6.20 Å². The highest BCUT2D eigenvalue weighted by Crippen LogP contribution is 2.23. The van der Waals surface area contributed by atoms with Gasteiger partial charge in [-0.15, -0.1) is 0 Å². The van der Waals surface area contributed by atoms with Crippen molar-refractivity contribution in [2.45, 2.75) is 31.8 Å². The summed E-state index contributed by atoms with van der Waals surface area (Å²) >= 11 is 0. The highest BCUT2D eigenvalue weighted by atomic mass is 16.5. The summed E-state index contributed by atoms with van der Waals surface area (Å²) in [7, 11) is 2.02. The third-order valence-electron chi connectivity index (χ3n) is 3.71. The van der Waals surface area contributed by atoms with Crippen LogP contribution in [0.5, 0.6) is 0 Å². The van der Waals surface area contributed by atoms with Crippen molar-refractivity contribution in [3.05, 3.63) is 6.20 Å². The van der Waals surface area contributed by atoms with Gasteiger partial charge in [-0.3, -0.25) is 5.10 Å². The van der Waals surface area contributed by atoms with Crippen molar-refractivity contribution in [1.29, 1.82) is 0 Å². The van der Waals surface area contributed by atoms with Gasteiger partial charge in [-0.25, -0.2) is 0 Å². The van der Waals surface area contributed by atoms with Crippen LogP contribution in [0.4, 0.5) is 11.8 Å². The Morgan fingerprint density at radius 1 is 1.50 bits per heavy atom. The molecule has 1 fully saturated rings. The van der Waals surface area contributed by atoms with E-state index in [0.717, 1.165) is 37.2 Å². The maximum atomic E-state index is 5.73. The number of hydrogen-bond donors (Lipinski definition) is 2. The van der Waals surface area contributed by atoms with Gasteiger partial charge < -0.3 is 15.4 Å². The van der Waals surface area contributed by atoms with Gasteiger partial charge in [-0.2, -0.15) is 15.1 Å². The minimum Gasteiger partial charge on any atom is -0.378 e. The van der Waals surface area contributed by atoms with Crippen LogP contribution >= 0.6 is 0 Å². The molecule has 2 aromatic rings. The molecule has 108 valence electrons. The predicted octanol–water partition coefficient (Wildman–Crippen LogP) is 1.33. The van der Waals surface area contributed by atoms with E-state index in [0.29, 0.717) is 11.8 Å². The zero-order chi connectivity index (χ0) is 13.9. The smallest absolute Gasteiger partial charge is 0.224 e. The van der Waals surface area contributed by atoms with Gasteiger partial charge in [0.25, 0.3) is 0 Å². The lowest BCUT2D eigenvalue weighted by molar-refractivity contribution is 0.103. The number of rotatable bonds is 5. The summed E-state index contributed by atoms with van der Waals surface area (Å²) in [5.41, 5.74) is 6.41. The van der Waals surface area contributed by atoms with E-state index < -0.39 is 0 Å². The van der Waals surface area contributed by atoms with Crippen LogP contribution in [-0.2, 0) is 4.74 Å². The second-order valence-electron chi connectivity index (χ2n) is 5.24. The highest BCUT2D eigenvalue weighted by Gasteiger charge is 2.16. The van der Waals surface area contributed by atoms with Gasteiger partial charge in [-0.05, 0) is 25.7 Å². The third-order valence-corrected chi connectivity index (χ3v) is 3.71. The summed E-state index contributed by atoms with van der Waals surface area (Å²) in [5, 5.41) is 7.73. The van der Waals surface area contributed by atoms with Gasteiger partial charge in [0.2, 0.25) is 5.95 Å². The molecule has 0 amide bonds. The SMILES string of the molecule is CN(CCCC1CCCO1)c1nc(N)nc2[nH]ncc12. The molecule has 7 heteroatoms. The lowest BCUT2D eigenvalue weighted by Crippen LogP contribution is -2.22. The minimum absolute atomic E-state index is 0.266. The van der Waals surface area contributed by atoms with Crippen LogP contribution in [0.25, 0.3) is 11.0 Å². The van der Waals surface area contributed by atoms with Crippen LogP contribution in [-0.4, -0.2) is 46.5 Å². The molecule has 2 aromatic heterocycles. The molecule has 3 rings (SSSR count). The number of nitrogens with zero attached hydrogens (tertiary/aromatic N) is 4. The number of nitrogen functional groups attached to an aromatic ring is 1. The maximum Gasteiger partial charge on any atom is 0.224 e. The molecule has 1 unspecified atom stereocenters. The molecule has 20 heavy (non-hydrogen) atoms. The second-order valence-corrected chi connectivity index (χ2v) is 5.24. The van der Waals surface area contributed by atoms with Gasteiger partial charge in [0.15, 0.2) is 5.65 Å². The summed E-state index contributed by atoms with van der Waals surface area (Å²) < 4.78 is 5.64. The van der Waals surface area contributed by atoms with E-state index in [9.17, 15) is 0 Å². The third kappa shape index (κ3) is 2.67. The number of nitrogens with one attached hydrogen (secondary N) is 1. The van der Waals surface area contributed by atoms with Gasteiger partial charge in [0.1, 0.15) is 5.82 Å². The largest absolute Gasteiger partial charge is 0.378 e. The van der Waals surface area contributed by atoms with Crippen LogP contribution in [0.15, 0.2) is 6.20 Å². The van der Waals surface area contributed by atoms with Crippen molar-refractivity contribution in [2.24, 2.45) is 0 Å². The quantitative estimate of drug-likeness (QED) is 0.855. The average Bonchev–Trinajstić information content (AvgIpc) is 3.08. The number of nitrogens with two attached hydrogens (primary N) is 1. The molecule has 0 radical (unpaired) electrons. The number of fused-ring (bicyclic) bond motifs is 1. The number of hydrogen-bond acceptors (Lipinski definition) is 6. The molecular weight excluding hydrogens is 256 g/mol. The Bertz CT molecular complexity index is 577. The summed E-state index contributed by atoms with van der Waals surface area (Å²) in [6, 6.07) is 0. The number of aromatic nitrogens is 4. The van der Waals surface area contributed by atoms with Crippen LogP contribution < -0.4 is 10.6 Å². The Morgan fingerprint density at radius 3 is 3.20 bits per heavy atom. The molecular formula is C13H20N6O. The first kappa shape index (κ1) is 13.1. The van der Waals surface area contributed by atoms with Crippen LogP contribution in [0, 0.1) is 0 Å². The van der Waals surface area contributed by atoms with Gasteiger partial charge >= 0.3 is 0 Å². The zero-order valence-corrected chi connectivity index (χ0v) is 11.7. The first-order valence-electron chi connectivity index (χ1n) is 7.03. The molecule has 0 spiro atoms. The van der Waals surface area contributed by atoms with Gasteiger partial charge in [0, 0.05) is 20.2 Å². The molecule has 1 saturated heterocycles. The van der Waals surface area contributed by atoms with E-state index in [4.69, 9.17) is 10.5 Å². The van der Waals surface area contributed by atoms with Crippen molar-refractivity contribution < 1.29 is 4.74 Å². The average molecular weight is 276 g/mol. The minimum atomic E-state index is 0.266. The Morgan fingerprint density at radius 2 is 2.40 bits per heavy atom. The van der Waals surface area contributed by atoms with Crippen LogP contribution in [0.3, 0.4) is 0 Å². The number of H-pyrrole nitrogens is 1. The Balaban J connectivity index is 1.65. The van der Waals surface area contributed by atoms with Crippen LogP contribution in [0.2, 0.25) is 0 Å². The summed E-state index contributed by atoms with van der Waals surface area (Å²) in [6.45, 7) is 1.83. The van der Waals surface area contributed by atoms with E-state index in [-0.39, 0.29) is 5.95 Å². The molecule has 1 aliphatic heterocycles. The fourth-order valence-corrected chi connectivity index (χ4v) is 2.66. The summed E-state index contributed by atoms with van der Waals surface area (Å²) in [5.74, 6) is 1.09. The molecule has 1 atom stereocenters. The Kier molecular flexibility index (Phi) is 3.68. The first-order valence-corrected chi connectivity index (χ1v) is 7.03. The zero-order valence-electron chi connectivity index (χ0n) is 11.7. The molecule has 3 N–H and O–H groups in total. The lowest BCUT2D eigenvalue weighted by atomic mass is 10.1. The number of ether oxygens (including phenoxy) is 1. The molecule has 7 nitrogen and oxygen atoms in total. The molecule has 0 aliphatic carbocycles. The fourth-order valence-electron chi connectivity index (χ4n) is 2.66. The normalized spacial score (nSPS) is 18.8. The lowest BCUT2D eigenvalue weighted by Gasteiger charge is -2.19. The fraction of sp³-hybridized carbons (Fsp3) is 0.615. The van der Waals surface area contributed by atoms with Gasteiger partial charge in [0.05, 0.1) is 17.7 Å². The molecule has 0 saturated carbocycles. The second kappa shape index (κ2) is 5.62. The van der Waals surface area contributed by atoms with E-state index in [1.807, 2.05) is 7.05 Å². The molecule has 0 bridgehead atoms. The van der Waals surface area contributed by atoms with Crippen molar-refractivity contribution in [3.8, 4) is 0 Å². The van der Waals surface area contributed by atoms with E-state index in [2.05, 4.69) is 25.1 Å². The van der Waals surface area contributed by atoms with Gasteiger partial charge in [-0.1, -0.05) is 0 Å². The van der Waals surface area contributed by atoms with Crippen molar-refractivity contribution in [3.63, 3.8) is 0 Å². The molecule has 0 aromatic carbocycles. The van der Waals surface area contributed by atoms with Crippen molar-refractivity contribution in [1.82, 2.24) is 20.2 Å². The molecule has 3 heterocycles. The standard InChI is InChI=1S/C13H20N6O/c1-19(6-2-4-9-5-3-7-20-9)12-10-8-15-18-11(10)16-13(14)17-12/h8-9H,2-7H2,1H3,(H3,14,15,16,17,18). The highest BCUT2D eigenvalue weighted by molar-refractivity contribution is 5.87. The monoisotopic (exact) mass is 276 g/mol. The van der Waals surface area contributed by atoms with Crippen molar-refractivity contribution in [2.75, 3.05) is 30.8 Å². The Labute approximate surface area is 117 Å². The number of anilines is 2. The molecule has 1 aliphatic rings. The van der Waals surface area contributed by atoms with Crippen molar-refractivity contribution >= 4 is 22.8 Å². The van der Waals surface area contributed by atoms with E-state index >= 15 is 0 Å². The number of aromatic amines is 1. The Hall–Kier alpha value is -1.89. The topological polar surface area (TPSA) is 93.0 Å². The predicted molar refractivity (Wildman–Crippen MR) is 77.6 cm³/mol. The van der Waals surface area contributed by atoms with Crippen LogP contribution in [0.1, 0.15) is 25.7 Å². The first-order chi connectivity index (χ1) is 9.74. The van der Waals surface area contributed by atoms with E-state index in [1.165, 1.54) is 12.8 Å². The summed E-state index contributed by atoms with van der Waals surface area (Å²) in [6.07, 6.45) is 6.73. The maximum absolute atomic E-state index is 5.73.